The summed E-state index contributed by atoms with van der Waals surface area (Å²) in [4.78, 5) is 0. The van der Waals surface area contributed by atoms with E-state index in [0.717, 1.165) is 18.2 Å². The fourth-order valence-electron chi connectivity index (χ4n) is 1.71. The highest BCUT2D eigenvalue weighted by Gasteiger charge is 2.09. The molecule has 0 fully saturated rings. The van der Waals surface area contributed by atoms with Crippen LogP contribution in [0.25, 0.3) is 0 Å². The third kappa shape index (κ3) is 3.68. The molecule has 0 saturated heterocycles. The van der Waals surface area contributed by atoms with Crippen LogP contribution in [0.5, 0.6) is 11.5 Å². The average molecular weight is 280 g/mol. The van der Waals surface area contributed by atoms with Crippen molar-refractivity contribution in [3.63, 3.8) is 0 Å². The number of benzene rings is 2. The van der Waals surface area contributed by atoms with Gasteiger partial charge in [0.15, 0.2) is 0 Å². The predicted molar refractivity (Wildman–Crippen MR) is 69.8 cm³/mol. The van der Waals surface area contributed by atoms with Gasteiger partial charge in [0.05, 0.1) is 7.11 Å². The Morgan fingerprint density at radius 1 is 1.00 bits per heavy atom. The Labute approximate surface area is 115 Å². The fourth-order valence-corrected chi connectivity index (χ4v) is 1.71. The summed E-state index contributed by atoms with van der Waals surface area (Å²) in [6.07, 6.45) is -0.896. The van der Waals surface area contributed by atoms with Crippen molar-refractivity contribution < 1.29 is 23.4 Å². The van der Waals surface area contributed by atoms with Crippen LogP contribution < -0.4 is 9.47 Å². The summed E-state index contributed by atoms with van der Waals surface area (Å²) in [5.41, 5.74) is 0.627. The summed E-state index contributed by atoms with van der Waals surface area (Å²) in [5, 5.41) is 9.93. The van der Waals surface area contributed by atoms with Crippen LogP contribution in [0.1, 0.15) is 11.7 Å². The van der Waals surface area contributed by atoms with E-state index < -0.39 is 17.7 Å². The number of halogens is 2. The molecule has 3 nitrogen and oxygen atoms in total. The molecule has 1 unspecified atom stereocenters. The van der Waals surface area contributed by atoms with E-state index in [0.29, 0.717) is 11.3 Å². The molecule has 0 aliphatic heterocycles. The van der Waals surface area contributed by atoms with Gasteiger partial charge in [0.2, 0.25) is 0 Å². The molecule has 5 heteroatoms. The third-order valence-electron chi connectivity index (χ3n) is 2.74. The van der Waals surface area contributed by atoms with Gasteiger partial charge in [-0.15, -0.1) is 0 Å². The molecule has 0 aliphatic carbocycles. The molecule has 0 amide bonds. The van der Waals surface area contributed by atoms with E-state index in [-0.39, 0.29) is 12.4 Å². The number of rotatable bonds is 5. The minimum Gasteiger partial charge on any atom is -0.497 e. The highest BCUT2D eigenvalue weighted by molar-refractivity contribution is 5.29. The molecule has 0 aliphatic rings. The van der Waals surface area contributed by atoms with Crippen molar-refractivity contribution in [1.82, 2.24) is 0 Å². The summed E-state index contributed by atoms with van der Waals surface area (Å²) < 4.78 is 36.1. The zero-order valence-corrected chi connectivity index (χ0v) is 10.8. The van der Waals surface area contributed by atoms with Crippen LogP contribution in [0.3, 0.4) is 0 Å². The second-order valence-corrected chi connectivity index (χ2v) is 4.21. The van der Waals surface area contributed by atoms with Crippen LogP contribution in [0.15, 0.2) is 42.5 Å². The van der Waals surface area contributed by atoms with Crippen LogP contribution in [-0.2, 0) is 0 Å². The maximum absolute atomic E-state index is 13.0. The Bertz CT molecular complexity index is 550. The monoisotopic (exact) mass is 280 g/mol. The largest absolute Gasteiger partial charge is 0.497 e. The first-order valence-electron chi connectivity index (χ1n) is 5.99. The van der Waals surface area contributed by atoms with Crippen molar-refractivity contribution >= 4 is 0 Å². The minimum atomic E-state index is -0.896. The zero-order chi connectivity index (χ0) is 14.5. The van der Waals surface area contributed by atoms with E-state index in [1.54, 1.807) is 31.4 Å². The Morgan fingerprint density at radius 3 is 2.15 bits per heavy atom. The number of ether oxygens (including phenoxy) is 2. The molecule has 0 saturated carbocycles. The summed E-state index contributed by atoms with van der Waals surface area (Å²) in [7, 11) is 1.55. The van der Waals surface area contributed by atoms with E-state index in [2.05, 4.69) is 0 Å². The lowest BCUT2D eigenvalue weighted by Gasteiger charge is -2.13. The first-order valence-corrected chi connectivity index (χ1v) is 5.99. The molecular formula is C15H14F2O3. The van der Waals surface area contributed by atoms with Crippen molar-refractivity contribution in [2.75, 3.05) is 13.7 Å². The average Bonchev–Trinajstić information content (AvgIpc) is 2.44. The molecule has 0 heterocycles. The number of aliphatic hydroxyl groups excluding tert-OH is 1. The Balaban J connectivity index is 1.98. The summed E-state index contributed by atoms with van der Waals surface area (Å²) in [6, 6.07) is 9.68. The van der Waals surface area contributed by atoms with Gasteiger partial charge in [-0.3, -0.25) is 0 Å². The molecule has 2 aromatic rings. The lowest BCUT2D eigenvalue weighted by atomic mass is 10.1. The number of aliphatic hydroxyl groups is 1. The van der Waals surface area contributed by atoms with Crippen LogP contribution in [0.4, 0.5) is 8.78 Å². The second-order valence-electron chi connectivity index (χ2n) is 4.21. The summed E-state index contributed by atoms with van der Waals surface area (Å²) >= 11 is 0. The van der Waals surface area contributed by atoms with E-state index in [9.17, 15) is 13.9 Å². The molecule has 1 N–H and O–H groups in total. The van der Waals surface area contributed by atoms with Crippen LogP contribution in [0, 0.1) is 11.6 Å². The van der Waals surface area contributed by atoms with Gasteiger partial charge in [-0.2, -0.15) is 0 Å². The Hall–Kier alpha value is -2.14. The molecule has 0 spiro atoms. The molecule has 2 aromatic carbocycles. The first kappa shape index (κ1) is 14.3. The first-order chi connectivity index (χ1) is 9.58. The van der Waals surface area contributed by atoms with Crippen LogP contribution in [-0.4, -0.2) is 18.8 Å². The van der Waals surface area contributed by atoms with Crippen molar-refractivity contribution in [3.8, 4) is 11.5 Å². The molecule has 1 atom stereocenters. The minimum absolute atomic E-state index is 0.0371. The molecule has 0 aromatic heterocycles. The fraction of sp³-hybridized carbons (Fsp3) is 0.200. The topological polar surface area (TPSA) is 38.7 Å². The third-order valence-corrected chi connectivity index (χ3v) is 2.74. The summed E-state index contributed by atoms with van der Waals surface area (Å²) in [5.74, 6) is -0.734. The van der Waals surface area contributed by atoms with Crippen LogP contribution >= 0.6 is 0 Å². The SMILES string of the molecule is COc1ccc(C(O)COc2cc(F)cc(F)c2)cc1. The van der Waals surface area contributed by atoms with Crippen molar-refractivity contribution in [2.24, 2.45) is 0 Å². The standard InChI is InChI=1S/C15H14F2O3/c1-19-13-4-2-10(3-5-13)15(18)9-20-14-7-11(16)6-12(17)8-14/h2-8,15,18H,9H2,1H3. The van der Waals surface area contributed by atoms with E-state index in [1.165, 1.54) is 0 Å². The smallest absolute Gasteiger partial charge is 0.129 e. The Kier molecular flexibility index (Phi) is 4.53. The van der Waals surface area contributed by atoms with Gasteiger partial charge in [-0.05, 0) is 17.7 Å². The number of hydrogen-bond donors (Lipinski definition) is 1. The van der Waals surface area contributed by atoms with Crippen LogP contribution in [0.2, 0.25) is 0 Å². The van der Waals surface area contributed by atoms with E-state index in [1.807, 2.05) is 0 Å². The highest BCUT2D eigenvalue weighted by Crippen LogP contribution is 2.20. The normalized spacial score (nSPS) is 12.0. The number of hydrogen-bond acceptors (Lipinski definition) is 3. The predicted octanol–water partition coefficient (Wildman–Crippen LogP) is 3.09. The van der Waals surface area contributed by atoms with Gasteiger partial charge in [0.1, 0.15) is 35.8 Å². The lowest BCUT2D eigenvalue weighted by Crippen LogP contribution is -2.09. The van der Waals surface area contributed by atoms with E-state index >= 15 is 0 Å². The van der Waals surface area contributed by atoms with Gasteiger partial charge in [-0.1, -0.05) is 12.1 Å². The maximum Gasteiger partial charge on any atom is 0.129 e. The molecule has 0 radical (unpaired) electrons. The van der Waals surface area contributed by atoms with Gasteiger partial charge >= 0.3 is 0 Å². The van der Waals surface area contributed by atoms with Gasteiger partial charge in [0.25, 0.3) is 0 Å². The van der Waals surface area contributed by atoms with E-state index in [4.69, 9.17) is 9.47 Å². The van der Waals surface area contributed by atoms with Gasteiger partial charge in [0, 0.05) is 18.2 Å². The maximum atomic E-state index is 13.0. The Morgan fingerprint density at radius 2 is 1.60 bits per heavy atom. The lowest BCUT2D eigenvalue weighted by molar-refractivity contribution is 0.107. The van der Waals surface area contributed by atoms with Crippen molar-refractivity contribution in [1.29, 1.82) is 0 Å². The molecule has 20 heavy (non-hydrogen) atoms. The quantitative estimate of drug-likeness (QED) is 0.914. The van der Waals surface area contributed by atoms with Crippen molar-refractivity contribution in [3.05, 3.63) is 59.7 Å². The molecule has 106 valence electrons. The number of methoxy groups -OCH3 is 1. The highest BCUT2D eigenvalue weighted by atomic mass is 19.1. The van der Waals surface area contributed by atoms with Gasteiger partial charge in [-0.25, -0.2) is 8.78 Å². The second kappa shape index (κ2) is 6.34. The molecule has 2 rings (SSSR count). The van der Waals surface area contributed by atoms with Crippen molar-refractivity contribution in [2.45, 2.75) is 6.10 Å². The molecular weight excluding hydrogens is 266 g/mol. The molecule has 0 bridgehead atoms. The van der Waals surface area contributed by atoms with Gasteiger partial charge < -0.3 is 14.6 Å². The summed E-state index contributed by atoms with van der Waals surface area (Å²) in [6.45, 7) is -0.102. The zero-order valence-electron chi connectivity index (χ0n) is 10.8.